The van der Waals surface area contributed by atoms with Crippen molar-refractivity contribution in [2.75, 3.05) is 26.4 Å². The molecule has 0 unspecified atom stereocenters. The van der Waals surface area contributed by atoms with Crippen LogP contribution in [0.25, 0.3) is 0 Å². The molecule has 0 saturated carbocycles. The van der Waals surface area contributed by atoms with Gasteiger partial charge in [0.2, 0.25) is 5.90 Å². The number of hydrazone groups is 1. The second-order valence-electron chi connectivity index (χ2n) is 5.64. The lowest BCUT2D eigenvalue weighted by molar-refractivity contribution is 0.103. The van der Waals surface area contributed by atoms with Crippen molar-refractivity contribution in [2.24, 2.45) is 5.10 Å². The van der Waals surface area contributed by atoms with Crippen molar-refractivity contribution in [3.05, 3.63) is 28.3 Å². The monoisotopic (exact) mass is 307 g/mol. The standard InChI is InChI=1S/C15H18ClN3O2/c16-11-7-10-3-6-20-14(10)13(8-11)15-18-19(9-21-15)12-1-4-17-5-2-12/h7-8,12,17H,1-6,9H2. The van der Waals surface area contributed by atoms with Gasteiger partial charge >= 0.3 is 0 Å². The summed E-state index contributed by atoms with van der Waals surface area (Å²) in [5.41, 5.74) is 2.02. The number of ether oxygens (including phenoxy) is 2. The maximum Gasteiger partial charge on any atom is 0.243 e. The molecule has 21 heavy (non-hydrogen) atoms. The van der Waals surface area contributed by atoms with E-state index < -0.39 is 0 Å². The van der Waals surface area contributed by atoms with Crippen LogP contribution in [0.3, 0.4) is 0 Å². The third-order valence-electron chi connectivity index (χ3n) is 4.26. The molecule has 6 heteroatoms. The van der Waals surface area contributed by atoms with Gasteiger partial charge in [-0.1, -0.05) is 11.6 Å². The van der Waals surface area contributed by atoms with E-state index in [4.69, 9.17) is 21.1 Å². The summed E-state index contributed by atoms with van der Waals surface area (Å²) in [6, 6.07) is 4.31. The first-order valence-electron chi connectivity index (χ1n) is 7.45. The lowest BCUT2D eigenvalue weighted by Gasteiger charge is -2.28. The van der Waals surface area contributed by atoms with Crippen LogP contribution in [0.1, 0.15) is 24.0 Å². The number of piperidine rings is 1. The molecule has 0 aromatic heterocycles. The lowest BCUT2D eigenvalue weighted by atomic mass is 10.1. The van der Waals surface area contributed by atoms with E-state index in [1.165, 1.54) is 0 Å². The number of rotatable bonds is 2. The van der Waals surface area contributed by atoms with Crippen LogP contribution in [-0.2, 0) is 11.2 Å². The summed E-state index contributed by atoms with van der Waals surface area (Å²) in [7, 11) is 0. The van der Waals surface area contributed by atoms with Gasteiger partial charge in [-0.25, -0.2) is 0 Å². The second-order valence-corrected chi connectivity index (χ2v) is 6.08. The van der Waals surface area contributed by atoms with Gasteiger partial charge in [-0.3, -0.25) is 5.01 Å². The fourth-order valence-electron chi connectivity index (χ4n) is 3.15. The molecule has 0 bridgehead atoms. The van der Waals surface area contributed by atoms with E-state index in [0.717, 1.165) is 49.2 Å². The molecule has 1 aromatic rings. The summed E-state index contributed by atoms with van der Waals surface area (Å²) in [6.45, 7) is 3.30. The Labute approximate surface area is 128 Å². The molecule has 1 fully saturated rings. The average Bonchev–Trinajstić information content (AvgIpc) is 3.16. The summed E-state index contributed by atoms with van der Waals surface area (Å²) in [4.78, 5) is 0. The van der Waals surface area contributed by atoms with Crippen molar-refractivity contribution >= 4 is 17.5 Å². The van der Waals surface area contributed by atoms with Crippen molar-refractivity contribution in [1.82, 2.24) is 10.3 Å². The fraction of sp³-hybridized carbons (Fsp3) is 0.533. The summed E-state index contributed by atoms with van der Waals surface area (Å²) in [6.07, 6.45) is 3.10. The van der Waals surface area contributed by atoms with Crippen molar-refractivity contribution in [3.63, 3.8) is 0 Å². The number of hydrogen-bond acceptors (Lipinski definition) is 5. The molecule has 112 valence electrons. The average molecular weight is 308 g/mol. The van der Waals surface area contributed by atoms with Crippen molar-refractivity contribution in [1.29, 1.82) is 0 Å². The fourth-order valence-corrected chi connectivity index (χ4v) is 3.39. The molecule has 3 aliphatic rings. The number of benzene rings is 1. The van der Waals surface area contributed by atoms with E-state index in [9.17, 15) is 0 Å². The van der Waals surface area contributed by atoms with Gasteiger partial charge in [-0.15, -0.1) is 5.10 Å². The zero-order chi connectivity index (χ0) is 14.2. The quantitative estimate of drug-likeness (QED) is 0.907. The summed E-state index contributed by atoms with van der Waals surface area (Å²) in [5.74, 6) is 1.51. The Morgan fingerprint density at radius 3 is 2.95 bits per heavy atom. The number of fused-ring (bicyclic) bond motifs is 1. The van der Waals surface area contributed by atoms with Crippen LogP contribution >= 0.6 is 11.6 Å². The number of halogens is 1. The van der Waals surface area contributed by atoms with Gasteiger partial charge in [-0.2, -0.15) is 0 Å². The molecule has 4 rings (SSSR count). The van der Waals surface area contributed by atoms with Crippen LogP contribution < -0.4 is 10.1 Å². The van der Waals surface area contributed by atoms with Crippen LogP contribution in [0.4, 0.5) is 0 Å². The van der Waals surface area contributed by atoms with Crippen molar-refractivity contribution in [2.45, 2.75) is 25.3 Å². The summed E-state index contributed by atoms with van der Waals surface area (Å²) < 4.78 is 11.5. The summed E-state index contributed by atoms with van der Waals surface area (Å²) >= 11 is 6.20. The zero-order valence-corrected chi connectivity index (χ0v) is 12.5. The molecule has 1 aromatic carbocycles. The predicted octanol–water partition coefficient (Wildman–Crippen LogP) is 1.98. The Morgan fingerprint density at radius 2 is 2.10 bits per heavy atom. The van der Waals surface area contributed by atoms with E-state index in [1.807, 2.05) is 12.1 Å². The minimum atomic E-state index is 0.455. The molecule has 1 saturated heterocycles. The molecule has 5 nitrogen and oxygen atoms in total. The number of nitrogens with zero attached hydrogens (tertiary/aromatic N) is 2. The Hall–Kier alpha value is -1.46. The van der Waals surface area contributed by atoms with Gasteiger partial charge in [0.25, 0.3) is 0 Å². The second kappa shape index (κ2) is 5.39. The van der Waals surface area contributed by atoms with Gasteiger partial charge in [0.15, 0.2) is 6.73 Å². The van der Waals surface area contributed by atoms with E-state index >= 15 is 0 Å². The molecular formula is C15H18ClN3O2. The van der Waals surface area contributed by atoms with Crippen LogP contribution in [-0.4, -0.2) is 43.4 Å². The maximum atomic E-state index is 6.20. The maximum absolute atomic E-state index is 6.20. The van der Waals surface area contributed by atoms with Gasteiger partial charge in [0.1, 0.15) is 5.75 Å². The van der Waals surface area contributed by atoms with Crippen molar-refractivity contribution in [3.8, 4) is 5.75 Å². The van der Waals surface area contributed by atoms with Crippen LogP contribution in [0.2, 0.25) is 5.02 Å². The Bertz CT molecular complexity index is 585. The minimum Gasteiger partial charge on any atom is -0.492 e. The molecule has 3 aliphatic heterocycles. The molecule has 0 atom stereocenters. The van der Waals surface area contributed by atoms with Gasteiger partial charge < -0.3 is 14.8 Å². The summed E-state index contributed by atoms with van der Waals surface area (Å²) in [5, 5.41) is 10.8. The first-order chi connectivity index (χ1) is 10.3. The van der Waals surface area contributed by atoms with Crippen LogP contribution in [0.5, 0.6) is 5.75 Å². The van der Waals surface area contributed by atoms with Crippen LogP contribution in [0, 0.1) is 0 Å². The molecule has 0 radical (unpaired) electrons. The number of hydrogen-bond donors (Lipinski definition) is 1. The highest BCUT2D eigenvalue weighted by atomic mass is 35.5. The Kier molecular flexibility index (Phi) is 3.39. The molecule has 0 spiro atoms. The van der Waals surface area contributed by atoms with E-state index in [-0.39, 0.29) is 0 Å². The topological polar surface area (TPSA) is 46.1 Å². The lowest BCUT2D eigenvalue weighted by Crippen LogP contribution is -2.39. The van der Waals surface area contributed by atoms with Gasteiger partial charge in [0.05, 0.1) is 18.2 Å². The molecule has 3 heterocycles. The molecular weight excluding hydrogens is 290 g/mol. The Morgan fingerprint density at radius 1 is 1.24 bits per heavy atom. The van der Waals surface area contributed by atoms with E-state index in [2.05, 4.69) is 15.4 Å². The predicted molar refractivity (Wildman–Crippen MR) is 80.9 cm³/mol. The highest BCUT2D eigenvalue weighted by Crippen LogP contribution is 2.34. The molecule has 0 aliphatic carbocycles. The first-order valence-corrected chi connectivity index (χ1v) is 7.83. The van der Waals surface area contributed by atoms with Gasteiger partial charge in [0, 0.05) is 11.4 Å². The smallest absolute Gasteiger partial charge is 0.243 e. The number of nitrogens with one attached hydrogen (secondary N) is 1. The van der Waals surface area contributed by atoms with E-state index in [0.29, 0.717) is 30.3 Å². The SMILES string of the molecule is Clc1cc2c(c(C3=NN(C4CCNCC4)CO3)c1)OCC2. The largest absolute Gasteiger partial charge is 0.492 e. The normalized spacial score (nSPS) is 21.8. The third-order valence-corrected chi connectivity index (χ3v) is 4.48. The zero-order valence-electron chi connectivity index (χ0n) is 11.8. The highest BCUT2D eigenvalue weighted by molar-refractivity contribution is 6.31. The van der Waals surface area contributed by atoms with Gasteiger partial charge in [-0.05, 0) is 43.6 Å². The first kappa shape index (κ1) is 13.2. The minimum absolute atomic E-state index is 0.455. The van der Waals surface area contributed by atoms with E-state index in [1.54, 1.807) is 0 Å². The third kappa shape index (κ3) is 2.45. The molecule has 0 amide bonds. The Balaban J connectivity index is 1.62. The van der Waals surface area contributed by atoms with Crippen molar-refractivity contribution < 1.29 is 9.47 Å². The highest BCUT2D eigenvalue weighted by Gasteiger charge is 2.29. The van der Waals surface area contributed by atoms with Crippen LogP contribution in [0.15, 0.2) is 17.2 Å². The molecule has 1 N–H and O–H groups in total.